The molecule has 0 amide bonds. The summed E-state index contributed by atoms with van der Waals surface area (Å²) in [6.07, 6.45) is -0.720. The molecular formula is C13H13N3O6. The number of nitrogens with zero attached hydrogens (tertiary/aromatic N) is 3. The van der Waals surface area contributed by atoms with Crippen molar-refractivity contribution in [3.05, 3.63) is 40.3 Å². The largest absolute Gasteiger partial charge is 0.451 e. The van der Waals surface area contributed by atoms with Gasteiger partial charge in [-0.05, 0) is 19.1 Å². The van der Waals surface area contributed by atoms with E-state index in [1.165, 1.54) is 31.4 Å². The molecule has 9 nitrogen and oxygen atoms in total. The number of rotatable bonds is 6. The predicted molar refractivity (Wildman–Crippen MR) is 72.8 cm³/mol. The maximum absolute atomic E-state index is 11.3. The molecule has 0 saturated heterocycles. The van der Waals surface area contributed by atoms with Crippen molar-refractivity contribution in [3.63, 3.8) is 0 Å². The fraction of sp³-hybridized carbons (Fsp3) is 0.308. The molecule has 9 heteroatoms. The molecule has 0 aliphatic heterocycles. The molecular weight excluding hydrogens is 294 g/mol. The second kappa shape index (κ2) is 6.76. The third-order valence-electron chi connectivity index (χ3n) is 2.68. The van der Waals surface area contributed by atoms with Crippen molar-refractivity contribution < 1.29 is 23.6 Å². The van der Waals surface area contributed by atoms with Gasteiger partial charge in [0.05, 0.1) is 4.92 Å². The van der Waals surface area contributed by atoms with Crippen LogP contribution in [-0.4, -0.2) is 34.8 Å². The molecule has 0 fully saturated rings. The highest BCUT2D eigenvalue weighted by Gasteiger charge is 2.19. The number of aromatic nitrogens is 2. The molecule has 0 aliphatic carbocycles. The first-order chi connectivity index (χ1) is 10.5. The minimum atomic E-state index is -0.720. The monoisotopic (exact) mass is 307 g/mol. The number of nitro groups is 1. The first-order valence-corrected chi connectivity index (χ1v) is 6.28. The zero-order valence-electron chi connectivity index (χ0n) is 11.9. The normalized spacial score (nSPS) is 11.9. The first-order valence-electron chi connectivity index (χ1n) is 6.28. The zero-order chi connectivity index (χ0) is 16.1. The molecule has 0 N–H and O–H groups in total. The van der Waals surface area contributed by atoms with E-state index in [4.69, 9.17) is 9.15 Å². The zero-order valence-corrected chi connectivity index (χ0v) is 11.9. The van der Waals surface area contributed by atoms with Crippen molar-refractivity contribution >= 4 is 11.7 Å². The third-order valence-corrected chi connectivity index (χ3v) is 2.68. The summed E-state index contributed by atoms with van der Waals surface area (Å²) in [7, 11) is 1.38. The Balaban J connectivity index is 2.10. The van der Waals surface area contributed by atoms with Crippen LogP contribution >= 0.6 is 0 Å². The van der Waals surface area contributed by atoms with E-state index in [1.54, 1.807) is 6.92 Å². The lowest BCUT2D eigenvalue weighted by Crippen LogP contribution is -2.14. The molecule has 0 spiro atoms. The molecule has 0 unspecified atom stereocenters. The second-order valence-electron chi connectivity index (χ2n) is 4.31. The Hall–Kier alpha value is -2.81. The van der Waals surface area contributed by atoms with Gasteiger partial charge in [-0.25, -0.2) is 4.79 Å². The highest BCUT2D eigenvalue weighted by Crippen LogP contribution is 2.24. The lowest BCUT2D eigenvalue weighted by Gasteiger charge is -2.08. The maximum Gasteiger partial charge on any atom is 0.332 e. The van der Waals surface area contributed by atoms with Crippen molar-refractivity contribution in [1.29, 1.82) is 0 Å². The topological polar surface area (TPSA) is 118 Å². The summed E-state index contributed by atoms with van der Waals surface area (Å²) < 4.78 is 15.1. The van der Waals surface area contributed by atoms with Gasteiger partial charge < -0.3 is 13.9 Å². The lowest BCUT2D eigenvalue weighted by molar-refractivity contribution is -0.384. The predicted octanol–water partition coefficient (Wildman–Crippen LogP) is 1.90. The molecule has 0 aliphatic rings. The van der Waals surface area contributed by atoms with Crippen LogP contribution in [0.4, 0.5) is 5.69 Å². The number of carbonyl (C=O) groups is 1. The van der Waals surface area contributed by atoms with Crippen LogP contribution in [0, 0.1) is 10.1 Å². The summed E-state index contributed by atoms with van der Waals surface area (Å²) in [6, 6.07) is 5.66. The molecule has 1 aromatic carbocycles. The molecule has 22 heavy (non-hydrogen) atoms. The number of non-ortho nitro benzene ring substituents is 1. The number of hydrogen-bond donors (Lipinski definition) is 0. The smallest absolute Gasteiger partial charge is 0.332 e. The fourth-order valence-electron chi connectivity index (χ4n) is 1.64. The van der Waals surface area contributed by atoms with E-state index in [2.05, 4.69) is 14.9 Å². The molecule has 0 radical (unpaired) electrons. The van der Waals surface area contributed by atoms with Crippen molar-refractivity contribution in [1.82, 2.24) is 10.2 Å². The highest BCUT2D eigenvalue weighted by atomic mass is 16.6. The van der Waals surface area contributed by atoms with Crippen molar-refractivity contribution in [3.8, 4) is 11.5 Å². The third kappa shape index (κ3) is 3.64. The van der Waals surface area contributed by atoms with Crippen molar-refractivity contribution in [2.75, 3.05) is 13.7 Å². The SMILES string of the molecule is COCC(=O)O[C@H](C)c1nnc(-c2ccc([N+](=O)[O-])cc2)o1. The molecule has 1 heterocycles. The second-order valence-corrected chi connectivity index (χ2v) is 4.31. The van der Waals surface area contributed by atoms with Gasteiger partial charge >= 0.3 is 5.97 Å². The molecule has 2 rings (SSSR count). The van der Waals surface area contributed by atoms with E-state index in [1.807, 2.05) is 0 Å². The highest BCUT2D eigenvalue weighted by molar-refractivity contribution is 5.70. The number of ether oxygens (including phenoxy) is 2. The van der Waals surface area contributed by atoms with Gasteiger partial charge in [-0.3, -0.25) is 10.1 Å². The first kappa shape index (κ1) is 15.6. The number of esters is 1. The Labute approximate surface area is 125 Å². The number of hydrogen-bond acceptors (Lipinski definition) is 8. The Morgan fingerprint density at radius 1 is 1.36 bits per heavy atom. The van der Waals surface area contributed by atoms with Crippen LogP contribution in [0.2, 0.25) is 0 Å². The van der Waals surface area contributed by atoms with Gasteiger partial charge in [-0.2, -0.15) is 0 Å². The van der Waals surface area contributed by atoms with Gasteiger partial charge in [0.1, 0.15) is 6.61 Å². The quantitative estimate of drug-likeness (QED) is 0.451. The molecule has 2 aromatic rings. The van der Waals surface area contributed by atoms with Crippen LogP contribution in [0.15, 0.2) is 28.7 Å². The Morgan fingerprint density at radius 2 is 2.05 bits per heavy atom. The Kier molecular flexibility index (Phi) is 4.79. The van der Waals surface area contributed by atoms with Gasteiger partial charge in [0.2, 0.25) is 5.89 Å². The molecule has 1 aromatic heterocycles. The summed E-state index contributed by atoms with van der Waals surface area (Å²) in [4.78, 5) is 21.4. The van der Waals surface area contributed by atoms with E-state index in [9.17, 15) is 14.9 Å². The van der Waals surface area contributed by atoms with Crippen molar-refractivity contribution in [2.24, 2.45) is 0 Å². The number of benzene rings is 1. The summed E-state index contributed by atoms with van der Waals surface area (Å²) in [6.45, 7) is 1.41. The van der Waals surface area contributed by atoms with E-state index in [-0.39, 0.29) is 24.1 Å². The van der Waals surface area contributed by atoms with E-state index in [0.29, 0.717) is 5.56 Å². The van der Waals surface area contributed by atoms with Crippen molar-refractivity contribution in [2.45, 2.75) is 13.0 Å². The summed E-state index contributed by atoms with van der Waals surface area (Å²) in [5, 5.41) is 18.2. The van der Waals surface area contributed by atoms with Crippen LogP contribution in [-0.2, 0) is 14.3 Å². The lowest BCUT2D eigenvalue weighted by atomic mass is 10.2. The standard InChI is InChI=1S/C13H13N3O6/c1-8(21-11(17)7-20-2)12-14-15-13(22-12)9-3-5-10(6-4-9)16(18)19/h3-6,8H,7H2,1-2H3/t8-/m1/s1. The van der Waals surface area contributed by atoms with Gasteiger partial charge in [0.25, 0.3) is 11.6 Å². The average molecular weight is 307 g/mol. The molecule has 0 bridgehead atoms. The minimum Gasteiger partial charge on any atom is -0.451 e. The summed E-state index contributed by atoms with van der Waals surface area (Å²) in [5.74, 6) is -0.248. The Morgan fingerprint density at radius 3 is 2.64 bits per heavy atom. The van der Waals surface area contributed by atoms with Gasteiger partial charge in [0, 0.05) is 24.8 Å². The molecule has 1 atom stereocenters. The minimum absolute atomic E-state index is 0.0367. The van der Waals surface area contributed by atoms with Gasteiger partial charge in [-0.15, -0.1) is 10.2 Å². The fourth-order valence-corrected chi connectivity index (χ4v) is 1.64. The maximum atomic E-state index is 11.3. The average Bonchev–Trinajstić information content (AvgIpc) is 2.97. The van der Waals surface area contributed by atoms with Gasteiger partial charge in [0.15, 0.2) is 6.10 Å². The van der Waals surface area contributed by atoms with E-state index >= 15 is 0 Å². The number of methoxy groups -OCH3 is 1. The van der Waals surface area contributed by atoms with Gasteiger partial charge in [-0.1, -0.05) is 0 Å². The Bertz CT molecular complexity index is 667. The summed E-state index contributed by atoms with van der Waals surface area (Å²) in [5.41, 5.74) is 0.491. The number of carbonyl (C=O) groups excluding carboxylic acids is 1. The molecule has 116 valence electrons. The van der Waals surface area contributed by atoms with E-state index < -0.39 is 17.0 Å². The van der Waals surface area contributed by atoms with Crippen LogP contribution in [0.25, 0.3) is 11.5 Å². The van der Waals surface area contributed by atoms with E-state index in [0.717, 1.165) is 0 Å². The molecule has 0 saturated carbocycles. The van der Waals surface area contributed by atoms with Crippen LogP contribution in [0.5, 0.6) is 0 Å². The van der Waals surface area contributed by atoms with Crippen LogP contribution < -0.4 is 0 Å². The summed E-state index contributed by atoms with van der Waals surface area (Å²) >= 11 is 0. The number of nitro benzene ring substituents is 1. The van der Waals surface area contributed by atoms with Crippen LogP contribution in [0.1, 0.15) is 18.9 Å². The van der Waals surface area contributed by atoms with Crippen LogP contribution in [0.3, 0.4) is 0 Å².